The van der Waals surface area contributed by atoms with Gasteiger partial charge in [-0.2, -0.15) is 0 Å². The molecular weight excluding hydrogens is 328 g/mol. The smallest absolute Gasteiger partial charge is 0.254 e. The molecule has 6 heteroatoms. The number of hydroxylamine groups is 2. The Morgan fingerprint density at radius 3 is 2.62 bits per heavy atom. The number of carbonyl (C=O) groups is 2. The molecule has 1 heterocycles. The highest BCUT2D eigenvalue weighted by molar-refractivity contribution is 6.31. The van der Waals surface area contributed by atoms with E-state index < -0.39 is 5.41 Å². The third-order valence-electron chi connectivity index (χ3n) is 4.56. The second-order valence-corrected chi connectivity index (χ2v) is 7.54. The molecule has 130 valence electrons. The molecule has 2 amide bonds. The van der Waals surface area contributed by atoms with Gasteiger partial charge in [0.15, 0.2) is 0 Å². The summed E-state index contributed by atoms with van der Waals surface area (Å²) in [4.78, 5) is 31.8. The van der Waals surface area contributed by atoms with Crippen molar-refractivity contribution in [2.24, 2.45) is 11.3 Å². The molecule has 0 spiro atoms. The summed E-state index contributed by atoms with van der Waals surface area (Å²) < 4.78 is 0. The van der Waals surface area contributed by atoms with Crippen molar-refractivity contribution in [2.45, 2.75) is 40.2 Å². The van der Waals surface area contributed by atoms with Crippen LogP contribution in [0.4, 0.5) is 5.69 Å². The van der Waals surface area contributed by atoms with Gasteiger partial charge in [-0.25, -0.2) is 5.06 Å². The molecule has 1 aromatic carbocycles. The molecule has 5 nitrogen and oxygen atoms in total. The predicted molar refractivity (Wildman–Crippen MR) is 92.5 cm³/mol. The van der Waals surface area contributed by atoms with Crippen LogP contribution in [0.15, 0.2) is 18.2 Å². The lowest BCUT2D eigenvalue weighted by Gasteiger charge is -2.22. The van der Waals surface area contributed by atoms with E-state index in [1.54, 1.807) is 11.0 Å². The summed E-state index contributed by atoms with van der Waals surface area (Å²) in [6.45, 7) is 6.99. The fourth-order valence-corrected chi connectivity index (χ4v) is 3.05. The van der Waals surface area contributed by atoms with Crippen molar-refractivity contribution in [3.05, 3.63) is 28.8 Å². The summed E-state index contributed by atoms with van der Waals surface area (Å²) in [7, 11) is 0. The highest BCUT2D eigenvalue weighted by Crippen LogP contribution is 2.34. The number of benzene rings is 1. The van der Waals surface area contributed by atoms with Crippen molar-refractivity contribution in [1.29, 1.82) is 0 Å². The maximum absolute atomic E-state index is 12.3. The quantitative estimate of drug-likeness (QED) is 0.817. The van der Waals surface area contributed by atoms with Gasteiger partial charge in [0.2, 0.25) is 5.91 Å². The molecule has 1 aliphatic carbocycles. The van der Waals surface area contributed by atoms with E-state index >= 15 is 0 Å². The molecule has 2 aliphatic rings. The number of halogens is 1. The van der Waals surface area contributed by atoms with Gasteiger partial charge in [0, 0.05) is 23.2 Å². The third-order valence-corrected chi connectivity index (χ3v) is 4.91. The number of hydrogen-bond acceptors (Lipinski definition) is 3. The van der Waals surface area contributed by atoms with Gasteiger partial charge >= 0.3 is 0 Å². The van der Waals surface area contributed by atoms with E-state index in [-0.39, 0.29) is 17.7 Å². The topological polar surface area (TPSA) is 49.9 Å². The minimum Gasteiger partial charge on any atom is -0.312 e. The Morgan fingerprint density at radius 1 is 1.42 bits per heavy atom. The maximum atomic E-state index is 12.3. The maximum Gasteiger partial charge on any atom is 0.254 e. The molecule has 0 atom stereocenters. The Bertz CT molecular complexity index is 670. The Labute approximate surface area is 147 Å². The Hall–Kier alpha value is -1.59. The van der Waals surface area contributed by atoms with Gasteiger partial charge in [-0.15, -0.1) is 0 Å². The fraction of sp³-hybridized carbons (Fsp3) is 0.556. The van der Waals surface area contributed by atoms with E-state index in [0.29, 0.717) is 24.7 Å². The summed E-state index contributed by atoms with van der Waals surface area (Å²) in [6, 6.07) is 5.55. The lowest BCUT2D eigenvalue weighted by atomic mass is 9.95. The molecule has 0 bridgehead atoms. The largest absolute Gasteiger partial charge is 0.312 e. The third kappa shape index (κ3) is 3.28. The molecule has 24 heavy (non-hydrogen) atoms. The monoisotopic (exact) mass is 350 g/mol. The standard InChI is InChI=1S/C18H23ClN2O3/c1-4-20(16(22)12-5-6-12)14-8-7-13(15(19)9-14)10-21-17(23)18(2,3)11-24-21/h7-9,12H,4-6,10-11H2,1-3H3. The van der Waals surface area contributed by atoms with Crippen LogP contribution in [0.25, 0.3) is 0 Å². The van der Waals surface area contributed by atoms with Crippen LogP contribution >= 0.6 is 11.6 Å². The zero-order valence-corrected chi connectivity index (χ0v) is 15.1. The number of rotatable bonds is 5. The Kier molecular flexibility index (Phi) is 4.58. The van der Waals surface area contributed by atoms with Gasteiger partial charge in [-0.05, 0) is 51.3 Å². The van der Waals surface area contributed by atoms with E-state index in [9.17, 15) is 9.59 Å². The number of anilines is 1. The average Bonchev–Trinajstić information content (AvgIpc) is 3.34. The normalized spacial score (nSPS) is 19.7. The van der Waals surface area contributed by atoms with Gasteiger partial charge in [0.1, 0.15) is 0 Å². The van der Waals surface area contributed by atoms with Gasteiger partial charge in [-0.1, -0.05) is 17.7 Å². The molecule has 0 N–H and O–H groups in total. The van der Waals surface area contributed by atoms with Crippen molar-refractivity contribution >= 4 is 29.1 Å². The molecular formula is C18H23ClN2O3. The summed E-state index contributed by atoms with van der Waals surface area (Å²) >= 11 is 6.40. The molecule has 3 rings (SSSR count). The first-order valence-electron chi connectivity index (χ1n) is 8.38. The fourth-order valence-electron chi connectivity index (χ4n) is 2.82. The molecule has 1 aliphatic heterocycles. The number of carbonyl (C=O) groups excluding carboxylic acids is 2. The second kappa shape index (κ2) is 6.37. The first-order chi connectivity index (χ1) is 11.3. The van der Waals surface area contributed by atoms with Crippen molar-refractivity contribution in [2.75, 3.05) is 18.1 Å². The molecule has 2 fully saturated rings. The summed E-state index contributed by atoms with van der Waals surface area (Å²) in [6.07, 6.45) is 1.96. The molecule has 0 unspecified atom stereocenters. The second-order valence-electron chi connectivity index (χ2n) is 7.13. The zero-order valence-electron chi connectivity index (χ0n) is 14.3. The van der Waals surface area contributed by atoms with Crippen LogP contribution in [-0.2, 0) is 21.0 Å². The van der Waals surface area contributed by atoms with Gasteiger partial charge in [0.05, 0.1) is 18.6 Å². The van der Waals surface area contributed by atoms with Crippen LogP contribution in [0.2, 0.25) is 5.02 Å². The highest BCUT2D eigenvalue weighted by Gasteiger charge is 2.40. The first kappa shape index (κ1) is 17.2. The predicted octanol–water partition coefficient (Wildman–Crippen LogP) is 3.40. The minimum absolute atomic E-state index is 0.0401. The van der Waals surface area contributed by atoms with Crippen LogP contribution in [0.3, 0.4) is 0 Å². The van der Waals surface area contributed by atoms with Crippen LogP contribution < -0.4 is 4.90 Å². The number of hydrogen-bond donors (Lipinski definition) is 0. The summed E-state index contributed by atoms with van der Waals surface area (Å²) in [5.41, 5.74) is 1.11. The van der Waals surface area contributed by atoms with Crippen molar-refractivity contribution < 1.29 is 14.4 Å². The van der Waals surface area contributed by atoms with E-state index in [1.165, 1.54) is 5.06 Å². The molecule has 1 saturated carbocycles. The average molecular weight is 351 g/mol. The van der Waals surface area contributed by atoms with E-state index in [0.717, 1.165) is 24.1 Å². The van der Waals surface area contributed by atoms with Crippen LogP contribution in [0, 0.1) is 11.3 Å². The van der Waals surface area contributed by atoms with Gasteiger partial charge < -0.3 is 4.90 Å². The lowest BCUT2D eigenvalue weighted by molar-refractivity contribution is -0.165. The zero-order chi connectivity index (χ0) is 17.5. The van der Waals surface area contributed by atoms with E-state index in [2.05, 4.69) is 0 Å². The Balaban J connectivity index is 1.75. The molecule has 1 aromatic rings. The first-order valence-corrected chi connectivity index (χ1v) is 8.76. The summed E-state index contributed by atoms with van der Waals surface area (Å²) in [5.74, 6) is 0.295. The highest BCUT2D eigenvalue weighted by atomic mass is 35.5. The van der Waals surface area contributed by atoms with Crippen molar-refractivity contribution in [3.63, 3.8) is 0 Å². The molecule has 0 radical (unpaired) electrons. The Morgan fingerprint density at radius 2 is 2.12 bits per heavy atom. The lowest BCUT2D eigenvalue weighted by Crippen LogP contribution is -2.32. The SMILES string of the molecule is CCN(C(=O)C1CC1)c1ccc(CN2OCC(C)(C)C2=O)c(Cl)c1. The molecule has 1 saturated heterocycles. The minimum atomic E-state index is -0.498. The summed E-state index contributed by atoms with van der Waals surface area (Å²) in [5, 5.41) is 1.91. The van der Waals surface area contributed by atoms with Crippen molar-refractivity contribution in [3.8, 4) is 0 Å². The van der Waals surface area contributed by atoms with Crippen molar-refractivity contribution in [1.82, 2.24) is 5.06 Å². The van der Waals surface area contributed by atoms with Gasteiger partial charge in [-0.3, -0.25) is 14.4 Å². The van der Waals surface area contributed by atoms with E-state index in [4.69, 9.17) is 16.4 Å². The molecule has 0 aromatic heterocycles. The van der Waals surface area contributed by atoms with Gasteiger partial charge in [0.25, 0.3) is 5.91 Å². The van der Waals surface area contributed by atoms with Crippen LogP contribution in [0.1, 0.15) is 39.2 Å². The van der Waals surface area contributed by atoms with E-state index in [1.807, 2.05) is 32.9 Å². The van der Waals surface area contributed by atoms with Crippen LogP contribution in [0.5, 0.6) is 0 Å². The number of amides is 2. The number of nitrogens with zero attached hydrogens (tertiary/aromatic N) is 2. The van der Waals surface area contributed by atoms with Crippen LogP contribution in [-0.4, -0.2) is 30.0 Å².